The lowest BCUT2D eigenvalue weighted by atomic mass is 10.2. The molecule has 0 saturated carbocycles. The van der Waals surface area contributed by atoms with Gasteiger partial charge in [-0.3, -0.25) is 14.9 Å². The molecule has 0 aliphatic carbocycles. The second-order valence-electron chi connectivity index (χ2n) is 5.73. The highest BCUT2D eigenvalue weighted by Crippen LogP contribution is 2.29. The Morgan fingerprint density at radius 1 is 1.32 bits per heavy atom. The van der Waals surface area contributed by atoms with Crippen molar-refractivity contribution < 1.29 is 14.5 Å². The summed E-state index contributed by atoms with van der Waals surface area (Å²) in [6, 6.07) is 9.05. The van der Waals surface area contributed by atoms with Crippen molar-refractivity contribution in [3.05, 3.63) is 61.6 Å². The van der Waals surface area contributed by atoms with E-state index in [-0.39, 0.29) is 16.4 Å². The van der Waals surface area contributed by atoms with E-state index in [9.17, 15) is 14.9 Å². The van der Waals surface area contributed by atoms with Crippen LogP contribution in [0, 0.1) is 16.0 Å². The summed E-state index contributed by atoms with van der Waals surface area (Å²) in [6.07, 6.45) is 0. The van der Waals surface area contributed by atoms with Crippen LogP contribution in [0.4, 0.5) is 11.4 Å². The average molecular weight is 428 g/mol. The summed E-state index contributed by atoms with van der Waals surface area (Å²) >= 11 is 9.14. The molecule has 1 amide bonds. The number of anilines is 1. The quantitative estimate of drug-likeness (QED) is 0.501. The molecule has 0 atom stereocenters. The highest BCUT2D eigenvalue weighted by Gasteiger charge is 2.15. The number of ether oxygens (including phenoxy) is 1. The Morgan fingerprint density at radius 2 is 2.04 bits per heavy atom. The highest BCUT2D eigenvalue weighted by molar-refractivity contribution is 9.10. The Labute approximate surface area is 158 Å². The molecule has 0 radical (unpaired) electrons. The lowest BCUT2D eigenvalue weighted by Gasteiger charge is -2.11. The predicted octanol–water partition coefficient (Wildman–Crippen LogP) is 5.30. The van der Waals surface area contributed by atoms with Gasteiger partial charge in [-0.25, -0.2) is 0 Å². The van der Waals surface area contributed by atoms with Crippen molar-refractivity contribution in [3.63, 3.8) is 0 Å². The van der Waals surface area contributed by atoms with Crippen LogP contribution in [-0.2, 0) is 0 Å². The molecule has 0 spiro atoms. The molecule has 0 saturated heterocycles. The number of halogens is 2. The van der Waals surface area contributed by atoms with Crippen LogP contribution in [0.25, 0.3) is 0 Å². The van der Waals surface area contributed by atoms with Crippen molar-refractivity contribution in [1.29, 1.82) is 0 Å². The van der Waals surface area contributed by atoms with Crippen molar-refractivity contribution >= 4 is 44.8 Å². The first-order chi connectivity index (χ1) is 11.8. The maximum atomic E-state index is 12.3. The summed E-state index contributed by atoms with van der Waals surface area (Å²) in [6.45, 7) is 4.65. The van der Waals surface area contributed by atoms with Gasteiger partial charge in [-0.05, 0) is 52.2 Å². The minimum atomic E-state index is -0.602. The summed E-state index contributed by atoms with van der Waals surface area (Å²) in [4.78, 5) is 22.6. The van der Waals surface area contributed by atoms with E-state index in [1.54, 1.807) is 18.2 Å². The fourth-order valence-corrected chi connectivity index (χ4v) is 2.63. The van der Waals surface area contributed by atoms with Crippen LogP contribution in [0.1, 0.15) is 24.2 Å². The Balaban J connectivity index is 2.14. The van der Waals surface area contributed by atoms with E-state index in [1.165, 1.54) is 18.2 Å². The topological polar surface area (TPSA) is 81.5 Å². The summed E-state index contributed by atoms with van der Waals surface area (Å²) in [7, 11) is 0. The molecule has 2 aromatic rings. The monoisotopic (exact) mass is 426 g/mol. The number of carbonyl (C=O) groups is 1. The maximum absolute atomic E-state index is 12.3. The summed E-state index contributed by atoms with van der Waals surface area (Å²) in [5.74, 6) is 0.635. The fourth-order valence-electron chi connectivity index (χ4n) is 1.95. The maximum Gasteiger partial charge on any atom is 0.289 e. The number of hydrogen-bond acceptors (Lipinski definition) is 4. The van der Waals surface area contributed by atoms with E-state index in [0.29, 0.717) is 28.3 Å². The lowest BCUT2D eigenvalue weighted by Crippen LogP contribution is -2.12. The number of benzene rings is 2. The number of rotatable bonds is 6. The molecule has 132 valence electrons. The zero-order valence-corrected chi connectivity index (χ0v) is 15.9. The van der Waals surface area contributed by atoms with Crippen LogP contribution in [0.3, 0.4) is 0 Å². The zero-order chi connectivity index (χ0) is 18.6. The van der Waals surface area contributed by atoms with Crippen LogP contribution >= 0.6 is 27.5 Å². The smallest absolute Gasteiger partial charge is 0.289 e. The number of nitro benzene ring substituents is 1. The first-order valence-corrected chi connectivity index (χ1v) is 8.62. The Hall–Kier alpha value is -2.12. The Morgan fingerprint density at radius 3 is 2.64 bits per heavy atom. The van der Waals surface area contributed by atoms with E-state index in [4.69, 9.17) is 16.3 Å². The van der Waals surface area contributed by atoms with Gasteiger partial charge in [0.25, 0.3) is 11.6 Å². The summed E-state index contributed by atoms with van der Waals surface area (Å²) in [5.41, 5.74) is 0.414. The molecule has 8 heteroatoms. The van der Waals surface area contributed by atoms with Gasteiger partial charge in [-0.1, -0.05) is 25.4 Å². The molecule has 0 heterocycles. The molecule has 1 N–H and O–H groups in total. The van der Waals surface area contributed by atoms with Crippen molar-refractivity contribution in [1.82, 2.24) is 0 Å². The second-order valence-corrected chi connectivity index (χ2v) is 6.99. The third kappa shape index (κ3) is 5.17. The van der Waals surface area contributed by atoms with Gasteiger partial charge in [0.1, 0.15) is 10.8 Å². The van der Waals surface area contributed by atoms with Crippen LogP contribution in [0.2, 0.25) is 5.02 Å². The van der Waals surface area contributed by atoms with Crippen LogP contribution in [0.5, 0.6) is 5.75 Å². The largest absolute Gasteiger partial charge is 0.492 e. The third-order valence-electron chi connectivity index (χ3n) is 3.17. The molecule has 6 nitrogen and oxygen atoms in total. The van der Waals surface area contributed by atoms with E-state index in [1.807, 2.05) is 13.8 Å². The molecule has 0 aliphatic rings. The van der Waals surface area contributed by atoms with Gasteiger partial charge < -0.3 is 10.1 Å². The number of hydrogen-bond donors (Lipinski definition) is 1. The second kappa shape index (κ2) is 8.31. The lowest BCUT2D eigenvalue weighted by molar-refractivity contribution is -0.384. The van der Waals surface area contributed by atoms with Crippen molar-refractivity contribution in [3.8, 4) is 5.75 Å². The first-order valence-electron chi connectivity index (χ1n) is 7.45. The first kappa shape index (κ1) is 19.2. The number of amides is 1. The third-order valence-corrected chi connectivity index (χ3v) is 4.11. The average Bonchev–Trinajstić information content (AvgIpc) is 2.55. The van der Waals surface area contributed by atoms with Crippen molar-refractivity contribution in [2.45, 2.75) is 13.8 Å². The molecule has 0 fully saturated rings. The zero-order valence-electron chi connectivity index (χ0n) is 13.6. The molecular weight excluding hydrogens is 412 g/mol. The number of carbonyl (C=O) groups excluding carboxylic acids is 1. The molecular formula is C17H16BrClN2O4. The minimum absolute atomic E-state index is 0.0115. The SMILES string of the molecule is CC(C)COc1ccc(C(=O)Nc2ccc(Cl)c([N+](=O)[O-])c2)cc1Br. The van der Waals surface area contributed by atoms with Gasteiger partial charge in [-0.2, -0.15) is 0 Å². The van der Waals surface area contributed by atoms with E-state index in [2.05, 4.69) is 21.2 Å². The Bertz CT molecular complexity index is 811. The van der Waals surface area contributed by atoms with Gasteiger partial charge in [0.05, 0.1) is 16.0 Å². The van der Waals surface area contributed by atoms with Crippen LogP contribution < -0.4 is 10.1 Å². The number of nitrogens with zero attached hydrogens (tertiary/aromatic N) is 1. The highest BCUT2D eigenvalue weighted by atomic mass is 79.9. The molecule has 25 heavy (non-hydrogen) atoms. The van der Waals surface area contributed by atoms with Crippen LogP contribution in [0.15, 0.2) is 40.9 Å². The van der Waals surface area contributed by atoms with Crippen molar-refractivity contribution in [2.75, 3.05) is 11.9 Å². The van der Waals surface area contributed by atoms with Gasteiger partial charge in [-0.15, -0.1) is 0 Å². The number of nitrogens with one attached hydrogen (secondary N) is 1. The Kier molecular flexibility index (Phi) is 6.39. The van der Waals surface area contributed by atoms with Gasteiger partial charge >= 0.3 is 0 Å². The minimum Gasteiger partial charge on any atom is -0.492 e. The van der Waals surface area contributed by atoms with Gasteiger partial charge in [0.2, 0.25) is 0 Å². The summed E-state index contributed by atoms with van der Waals surface area (Å²) in [5, 5.41) is 13.5. The van der Waals surface area contributed by atoms with E-state index >= 15 is 0 Å². The number of nitro groups is 1. The predicted molar refractivity (Wildman–Crippen MR) is 101 cm³/mol. The van der Waals surface area contributed by atoms with Gasteiger partial charge in [0, 0.05) is 17.3 Å². The summed E-state index contributed by atoms with van der Waals surface area (Å²) < 4.78 is 6.29. The molecule has 0 bridgehead atoms. The molecule has 0 aromatic heterocycles. The van der Waals surface area contributed by atoms with E-state index in [0.717, 1.165) is 0 Å². The normalized spacial score (nSPS) is 10.6. The van der Waals surface area contributed by atoms with Gasteiger partial charge in [0.15, 0.2) is 0 Å². The molecule has 2 rings (SSSR count). The van der Waals surface area contributed by atoms with Crippen molar-refractivity contribution in [2.24, 2.45) is 5.92 Å². The molecule has 0 unspecified atom stereocenters. The van der Waals surface area contributed by atoms with Crippen LogP contribution in [-0.4, -0.2) is 17.4 Å². The molecule has 0 aliphatic heterocycles. The standard InChI is InChI=1S/C17H16BrClN2O4/c1-10(2)9-25-16-6-3-11(7-13(16)18)17(22)20-12-4-5-14(19)15(8-12)21(23)24/h3-8,10H,9H2,1-2H3,(H,20,22). The molecule has 2 aromatic carbocycles. The fraction of sp³-hybridized carbons (Fsp3) is 0.235. The van der Waals surface area contributed by atoms with E-state index < -0.39 is 10.8 Å².